The molecule has 5 nitrogen and oxygen atoms in total. The molecule has 2 aromatic heterocycles. The van der Waals surface area contributed by atoms with Gasteiger partial charge in [0.05, 0.1) is 11.5 Å². The van der Waals surface area contributed by atoms with Crippen LogP contribution in [0, 0.1) is 0 Å². The van der Waals surface area contributed by atoms with Crippen molar-refractivity contribution in [2.45, 2.75) is 20.3 Å². The molecule has 0 aliphatic rings. The van der Waals surface area contributed by atoms with Gasteiger partial charge in [0.2, 0.25) is 5.95 Å². The fraction of sp³-hybridized carbons (Fsp3) is 0.417. The fourth-order valence-electron chi connectivity index (χ4n) is 1.42. The van der Waals surface area contributed by atoms with E-state index in [1.807, 2.05) is 18.4 Å². The topological polar surface area (TPSA) is 59.9 Å². The first-order chi connectivity index (χ1) is 9.24. The smallest absolute Gasteiger partial charge is 0.321 e. The highest BCUT2D eigenvalue weighted by Gasteiger charge is 2.12. The van der Waals surface area contributed by atoms with E-state index in [4.69, 9.17) is 4.74 Å². The fourth-order valence-corrected chi connectivity index (χ4v) is 2.90. The Hall–Kier alpha value is -1.21. The summed E-state index contributed by atoms with van der Waals surface area (Å²) < 4.78 is 6.37. The van der Waals surface area contributed by atoms with Gasteiger partial charge in [0.1, 0.15) is 0 Å². The summed E-state index contributed by atoms with van der Waals surface area (Å²) in [5.41, 5.74) is 0. The van der Waals surface area contributed by atoms with Crippen molar-refractivity contribution in [3.8, 4) is 16.7 Å². The number of ether oxygens (including phenoxy) is 1. The average molecular weight is 343 g/mol. The van der Waals surface area contributed by atoms with E-state index in [9.17, 15) is 0 Å². The van der Waals surface area contributed by atoms with Gasteiger partial charge in [0, 0.05) is 11.0 Å². The molecule has 2 rings (SSSR count). The molecule has 0 spiro atoms. The van der Waals surface area contributed by atoms with Gasteiger partial charge in [-0.1, -0.05) is 6.92 Å². The van der Waals surface area contributed by atoms with Crippen LogP contribution in [0.4, 0.5) is 5.95 Å². The van der Waals surface area contributed by atoms with Gasteiger partial charge in [-0.05, 0) is 40.7 Å². The first kappa shape index (κ1) is 14.2. The highest BCUT2D eigenvalue weighted by molar-refractivity contribution is 9.10. The van der Waals surface area contributed by atoms with E-state index in [0.717, 1.165) is 22.3 Å². The van der Waals surface area contributed by atoms with E-state index >= 15 is 0 Å². The molecule has 102 valence electrons. The summed E-state index contributed by atoms with van der Waals surface area (Å²) in [6.45, 7) is 5.35. The predicted octanol–water partition coefficient (Wildman–Crippen LogP) is 3.58. The molecular formula is C12H15BrN4OS. The summed E-state index contributed by atoms with van der Waals surface area (Å²) in [4.78, 5) is 14.0. The van der Waals surface area contributed by atoms with Crippen LogP contribution in [0.2, 0.25) is 0 Å². The number of nitrogens with zero attached hydrogens (tertiary/aromatic N) is 3. The minimum Gasteiger partial charge on any atom is -0.464 e. The number of hydrogen-bond donors (Lipinski definition) is 1. The van der Waals surface area contributed by atoms with E-state index in [1.165, 1.54) is 0 Å². The van der Waals surface area contributed by atoms with Crippen LogP contribution >= 0.6 is 27.3 Å². The lowest BCUT2D eigenvalue weighted by Gasteiger charge is -2.07. The van der Waals surface area contributed by atoms with Gasteiger partial charge in [0.25, 0.3) is 0 Å². The highest BCUT2D eigenvalue weighted by Crippen LogP contribution is 2.32. The zero-order valence-corrected chi connectivity index (χ0v) is 13.2. The Bertz CT molecular complexity index is 546. The highest BCUT2D eigenvalue weighted by atomic mass is 79.9. The minimum absolute atomic E-state index is 0.353. The van der Waals surface area contributed by atoms with Crippen LogP contribution in [0.1, 0.15) is 20.3 Å². The third-order valence-electron chi connectivity index (χ3n) is 2.24. The molecule has 0 bridgehead atoms. The maximum absolute atomic E-state index is 5.39. The number of thiophene rings is 1. The molecule has 0 saturated carbocycles. The molecule has 0 saturated heterocycles. The van der Waals surface area contributed by atoms with Gasteiger partial charge in [-0.25, -0.2) is 0 Å². The zero-order chi connectivity index (χ0) is 13.7. The monoisotopic (exact) mass is 342 g/mol. The Morgan fingerprint density at radius 2 is 2.16 bits per heavy atom. The molecule has 19 heavy (non-hydrogen) atoms. The molecule has 0 aromatic carbocycles. The molecule has 0 aliphatic carbocycles. The standard InChI is InChI=1S/C12H15BrN4OS/c1-3-6-14-11-15-10(9-8(13)5-7-19-9)16-12(17-11)18-4-2/h5,7H,3-4,6H2,1-2H3,(H,14,15,16,17). The van der Waals surface area contributed by atoms with Crippen molar-refractivity contribution in [2.75, 3.05) is 18.5 Å². The van der Waals surface area contributed by atoms with Gasteiger partial charge in [-0.3, -0.25) is 0 Å². The number of nitrogens with one attached hydrogen (secondary N) is 1. The molecule has 0 unspecified atom stereocenters. The van der Waals surface area contributed by atoms with E-state index in [0.29, 0.717) is 24.4 Å². The van der Waals surface area contributed by atoms with Crippen LogP contribution in [-0.4, -0.2) is 28.1 Å². The normalized spacial score (nSPS) is 10.5. The van der Waals surface area contributed by atoms with Crippen LogP contribution in [0.5, 0.6) is 6.01 Å². The van der Waals surface area contributed by atoms with E-state index in [2.05, 4.69) is 43.1 Å². The lowest BCUT2D eigenvalue weighted by molar-refractivity contribution is 0.312. The van der Waals surface area contributed by atoms with Crippen LogP contribution < -0.4 is 10.1 Å². The third kappa shape index (κ3) is 3.63. The summed E-state index contributed by atoms with van der Waals surface area (Å²) in [5.74, 6) is 1.18. The largest absolute Gasteiger partial charge is 0.464 e. The van der Waals surface area contributed by atoms with Crippen molar-refractivity contribution in [1.82, 2.24) is 15.0 Å². The lowest BCUT2D eigenvalue weighted by Crippen LogP contribution is -2.08. The zero-order valence-electron chi connectivity index (χ0n) is 10.8. The van der Waals surface area contributed by atoms with E-state index in [-0.39, 0.29) is 0 Å². The first-order valence-corrected chi connectivity index (χ1v) is 7.78. The Balaban J connectivity index is 2.36. The van der Waals surface area contributed by atoms with Crippen molar-refractivity contribution in [1.29, 1.82) is 0 Å². The van der Waals surface area contributed by atoms with Crippen molar-refractivity contribution in [2.24, 2.45) is 0 Å². The second-order valence-corrected chi connectivity index (χ2v) is 5.49. The first-order valence-electron chi connectivity index (χ1n) is 6.10. The SMILES string of the molecule is CCCNc1nc(OCC)nc(-c2sccc2Br)n1. The summed E-state index contributed by atoms with van der Waals surface area (Å²) >= 11 is 5.07. The molecule has 7 heteroatoms. The Kier molecular flexibility index (Phi) is 5.09. The molecule has 0 amide bonds. The minimum atomic E-state index is 0.353. The van der Waals surface area contributed by atoms with Crippen molar-refractivity contribution >= 4 is 33.2 Å². The summed E-state index contributed by atoms with van der Waals surface area (Å²) in [7, 11) is 0. The maximum atomic E-state index is 5.39. The van der Waals surface area contributed by atoms with Crippen molar-refractivity contribution < 1.29 is 4.74 Å². The molecule has 0 aliphatic heterocycles. The van der Waals surface area contributed by atoms with Crippen LogP contribution in [0.25, 0.3) is 10.7 Å². The molecular weight excluding hydrogens is 328 g/mol. The lowest BCUT2D eigenvalue weighted by atomic mass is 10.4. The molecule has 0 fully saturated rings. The molecule has 0 atom stereocenters. The molecule has 0 radical (unpaired) electrons. The Morgan fingerprint density at radius 3 is 2.79 bits per heavy atom. The second kappa shape index (κ2) is 6.81. The van der Waals surface area contributed by atoms with Gasteiger partial charge in [-0.2, -0.15) is 15.0 Å². The molecule has 2 aromatic rings. The second-order valence-electron chi connectivity index (χ2n) is 3.72. The summed E-state index contributed by atoms with van der Waals surface area (Å²) in [6, 6.07) is 2.33. The van der Waals surface area contributed by atoms with Crippen molar-refractivity contribution in [3.05, 3.63) is 15.9 Å². The van der Waals surface area contributed by atoms with Crippen LogP contribution in [0.3, 0.4) is 0 Å². The quantitative estimate of drug-likeness (QED) is 0.869. The average Bonchev–Trinajstić information content (AvgIpc) is 2.83. The predicted molar refractivity (Wildman–Crippen MR) is 80.8 cm³/mol. The van der Waals surface area contributed by atoms with Crippen LogP contribution in [-0.2, 0) is 0 Å². The number of anilines is 1. The van der Waals surface area contributed by atoms with Gasteiger partial charge in [0.15, 0.2) is 5.82 Å². The van der Waals surface area contributed by atoms with E-state index in [1.54, 1.807) is 11.3 Å². The molecule has 2 heterocycles. The summed E-state index contributed by atoms with van der Waals surface area (Å²) in [5, 5.41) is 5.15. The van der Waals surface area contributed by atoms with E-state index < -0.39 is 0 Å². The number of aromatic nitrogens is 3. The van der Waals surface area contributed by atoms with Crippen molar-refractivity contribution in [3.63, 3.8) is 0 Å². The third-order valence-corrected chi connectivity index (χ3v) is 4.08. The van der Waals surface area contributed by atoms with Gasteiger partial charge in [-0.15, -0.1) is 11.3 Å². The number of rotatable bonds is 6. The Morgan fingerprint density at radius 1 is 1.32 bits per heavy atom. The summed E-state index contributed by atoms with van der Waals surface area (Å²) in [6.07, 6.45) is 1.01. The maximum Gasteiger partial charge on any atom is 0.321 e. The Labute approximate surface area is 124 Å². The van der Waals surface area contributed by atoms with Gasteiger partial charge < -0.3 is 10.1 Å². The van der Waals surface area contributed by atoms with Crippen LogP contribution in [0.15, 0.2) is 15.9 Å². The number of hydrogen-bond acceptors (Lipinski definition) is 6. The molecule has 1 N–H and O–H groups in total. The number of halogens is 1. The van der Waals surface area contributed by atoms with Gasteiger partial charge >= 0.3 is 6.01 Å².